The molecule has 0 aliphatic carbocycles. The minimum Gasteiger partial charge on any atom is -0.292 e. The molecule has 3 aromatic heterocycles. The maximum absolute atomic E-state index is 5.45. The third-order valence-corrected chi connectivity index (χ3v) is 11.4. The fraction of sp³-hybridized carbons (Fsp3) is 0. The lowest BCUT2D eigenvalue weighted by Gasteiger charge is -2.13. The van der Waals surface area contributed by atoms with Crippen LogP contribution in [0.15, 0.2) is 194 Å². The van der Waals surface area contributed by atoms with Crippen LogP contribution in [0.1, 0.15) is 0 Å². The molecule has 0 bridgehead atoms. The van der Waals surface area contributed by atoms with Gasteiger partial charge >= 0.3 is 0 Å². The zero-order chi connectivity index (χ0) is 36.0. The zero-order valence-electron chi connectivity index (χ0n) is 29.8. The first-order valence-corrected chi connectivity index (χ1v) is 18.8. The highest BCUT2D eigenvalue weighted by molar-refractivity contribution is 6.25. The molecule has 4 nitrogen and oxygen atoms in total. The van der Waals surface area contributed by atoms with Crippen molar-refractivity contribution in [2.24, 2.45) is 0 Å². The Morgan fingerprint density at radius 3 is 1.53 bits per heavy atom. The number of aromatic nitrogens is 4. The molecule has 0 saturated heterocycles. The van der Waals surface area contributed by atoms with Crippen molar-refractivity contribution < 1.29 is 0 Å². The largest absolute Gasteiger partial charge is 0.292 e. The van der Waals surface area contributed by atoms with E-state index in [1.165, 1.54) is 54.4 Å². The van der Waals surface area contributed by atoms with Crippen LogP contribution in [0, 0.1) is 0 Å². The highest BCUT2D eigenvalue weighted by Gasteiger charge is 2.23. The second kappa shape index (κ2) is 11.5. The van der Waals surface area contributed by atoms with Crippen molar-refractivity contribution in [2.45, 2.75) is 0 Å². The van der Waals surface area contributed by atoms with Gasteiger partial charge in [0.15, 0.2) is 5.65 Å². The van der Waals surface area contributed by atoms with Gasteiger partial charge in [0.1, 0.15) is 5.52 Å². The lowest BCUT2D eigenvalue weighted by molar-refractivity contribution is 1.09. The van der Waals surface area contributed by atoms with E-state index in [1.807, 2.05) is 0 Å². The van der Waals surface area contributed by atoms with E-state index in [1.54, 1.807) is 0 Å². The Kier molecular flexibility index (Phi) is 6.31. The van der Waals surface area contributed by atoms with E-state index >= 15 is 0 Å². The highest BCUT2D eigenvalue weighted by atomic mass is 15.2. The fourth-order valence-corrected chi connectivity index (χ4v) is 8.99. The lowest BCUT2D eigenvalue weighted by Crippen LogP contribution is -1.97. The molecule has 256 valence electrons. The third kappa shape index (κ3) is 4.37. The van der Waals surface area contributed by atoms with Crippen LogP contribution >= 0.6 is 0 Å². The van der Waals surface area contributed by atoms with Crippen molar-refractivity contribution in [3.63, 3.8) is 0 Å². The van der Waals surface area contributed by atoms with Gasteiger partial charge in [0.2, 0.25) is 5.78 Å². The number of hydrogen-bond acceptors (Lipinski definition) is 1. The van der Waals surface area contributed by atoms with Crippen molar-refractivity contribution in [3.05, 3.63) is 194 Å². The molecule has 55 heavy (non-hydrogen) atoms. The number of imidazole rings is 2. The van der Waals surface area contributed by atoms with Gasteiger partial charge in [-0.3, -0.25) is 13.5 Å². The molecule has 0 radical (unpaired) electrons. The van der Waals surface area contributed by atoms with Gasteiger partial charge in [-0.25, -0.2) is 0 Å². The molecule has 4 heteroatoms. The summed E-state index contributed by atoms with van der Waals surface area (Å²) in [6.07, 6.45) is 0. The number of benzene rings is 9. The summed E-state index contributed by atoms with van der Waals surface area (Å²) in [6, 6.07) is 70.1. The van der Waals surface area contributed by atoms with Gasteiger partial charge in [-0.15, -0.1) is 0 Å². The summed E-state index contributed by atoms with van der Waals surface area (Å²) in [4.78, 5) is 5.45. The number of rotatable bonds is 4. The van der Waals surface area contributed by atoms with Crippen LogP contribution in [0.5, 0.6) is 0 Å². The molecule has 0 amide bonds. The second-order valence-electron chi connectivity index (χ2n) is 14.4. The number of nitrogens with zero attached hydrogens (tertiary/aromatic N) is 4. The van der Waals surface area contributed by atoms with Crippen LogP contribution in [-0.2, 0) is 0 Å². The van der Waals surface area contributed by atoms with Crippen molar-refractivity contribution in [2.75, 3.05) is 0 Å². The maximum atomic E-state index is 5.45. The first-order valence-electron chi connectivity index (χ1n) is 18.8. The zero-order valence-corrected chi connectivity index (χ0v) is 29.8. The van der Waals surface area contributed by atoms with E-state index in [4.69, 9.17) is 4.98 Å². The second-order valence-corrected chi connectivity index (χ2v) is 14.4. The van der Waals surface area contributed by atoms with Gasteiger partial charge < -0.3 is 0 Å². The Balaban J connectivity index is 1.03. The molecule has 0 spiro atoms. The van der Waals surface area contributed by atoms with Gasteiger partial charge in [-0.05, 0) is 109 Å². The summed E-state index contributed by atoms with van der Waals surface area (Å²) in [5, 5.41) is 8.91. The van der Waals surface area contributed by atoms with Gasteiger partial charge in [0, 0.05) is 16.8 Å². The van der Waals surface area contributed by atoms with Crippen LogP contribution in [0.3, 0.4) is 0 Å². The summed E-state index contributed by atoms with van der Waals surface area (Å²) in [7, 11) is 0. The minimum absolute atomic E-state index is 0.892. The molecule has 0 fully saturated rings. The molecule has 3 heterocycles. The summed E-state index contributed by atoms with van der Waals surface area (Å²) in [6.45, 7) is 0. The molecule has 0 aliphatic heterocycles. The molecule has 0 unspecified atom stereocenters. The monoisotopic (exact) mass is 700 g/mol. The molecule has 0 aliphatic rings. The number of fused-ring (bicyclic) bond motifs is 13. The molecule has 0 saturated carbocycles. The lowest BCUT2D eigenvalue weighted by atomic mass is 9.91. The molecule has 0 atom stereocenters. The first-order chi connectivity index (χ1) is 27.3. The van der Waals surface area contributed by atoms with Crippen LogP contribution in [0.4, 0.5) is 0 Å². The van der Waals surface area contributed by atoms with Crippen molar-refractivity contribution >= 4 is 71.2 Å². The van der Waals surface area contributed by atoms with Crippen LogP contribution in [0.2, 0.25) is 0 Å². The van der Waals surface area contributed by atoms with E-state index in [2.05, 4.69) is 208 Å². The van der Waals surface area contributed by atoms with Crippen molar-refractivity contribution in [1.82, 2.24) is 18.5 Å². The summed E-state index contributed by atoms with van der Waals surface area (Å²) in [5.41, 5.74) is 12.3. The van der Waals surface area contributed by atoms with E-state index in [-0.39, 0.29) is 0 Å². The average Bonchev–Trinajstić information content (AvgIpc) is 3.89. The molecule has 12 rings (SSSR count). The van der Waals surface area contributed by atoms with Gasteiger partial charge in [-0.1, -0.05) is 140 Å². The van der Waals surface area contributed by atoms with Crippen LogP contribution < -0.4 is 0 Å². The quantitative estimate of drug-likeness (QED) is 0.168. The average molecular weight is 701 g/mol. The molecule has 12 aromatic rings. The SMILES string of the molecule is c1ccc(-n2c3ccccc3c3c2nc2n(-c4cccc(-c5cccc(-c6ccc7c8ccccc8c8ccccc8c7c6)c5)c4)c4ccccc4n32)cc1. The Labute approximate surface area is 316 Å². The number of hydrogen-bond donors (Lipinski definition) is 0. The summed E-state index contributed by atoms with van der Waals surface area (Å²) < 4.78 is 6.94. The minimum atomic E-state index is 0.892. The Morgan fingerprint density at radius 2 is 0.818 bits per heavy atom. The summed E-state index contributed by atoms with van der Waals surface area (Å²) in [5.74, 6) is 0.892. The van der Waals surface area contributed by atoms with Crippen LogP contribution in [0.25, 0.3) is 105 Å². The van der Waals surface area contributed by atoms with E-state index < -0.39 is 0 Å². The highest BCUT2D eigenvalue weighted by Crippen LogP contribution is 2.39. The smallest absolute Gasteiger partial charge is 0.222 e. The van der Waals surface area contributed by atoms with Crippen LogP contribution in [-0.4, -0.2) is 18.5 Å². The Bertz CT molecular complexity index is 3450. The Hall–Kier alpha value is -7.43. The van der Waals surface area contributed by atoms with Gasteiger partial charge in [0.25, 0.3) is 0 Å². The van der Waals surface area contributed by atoms with Crippen molar-refractivity contribution in [1.29, 1.82) is 0 Å². The van der Waals surface area contributed by atoms with E-state index in [9.17, 15) is 0 Å². The van der Waals surface area contributed by atoms with E-state index in [0.29, 0.717) is 0 Å². The number of para-hydroxylation sites is 4. The van der Waals surface area contributed by atoms with Gasteiger partial charge in [-0.2, -0.15) is 4.98 Å². The molecule has 0 N–H and O–H groups in total. The fourth-order valence-electron chi connectivity index (χ4n) is 8.99. The predicted molar refractivity (Wildman–Crippen MR) is 230 cm³/mol. The topological polar surface area (TPSA) is 27.2 Å². The van der Waals surface area contributed by atoms with Gasteiger partial charge in [0.05, 0.1) is 16.6 Å². The molecule has 9 aromatic carbocycles. The Morgan fingerprint density at radius 1 is 0.309 bits per heavy atom. The van der Waals surface area contributed by atoms with E-state index in [0.717, 1.165) is 50.4 Å². The first kappa shape index (κ1) is 30.1. The molecular formula is C51H32N4. The van der Waals surface area contributed by atoms with Crippen molar-refractivity contribution in [3.8, 4) is 33.6 Å². The molecular weight excluding hydrogens is 669 g/mol. The normalized spacial score (nSPS) is 12.0. The predicted octanol–water partition coefficient (Wildman–Crippen LogP) is 13.2. The standard InChI is InChI=1S/C51H32N4/c1-2-17-37(18-3-1)53-46-25-9-8-24-44(46)49-50(53)52-51-54(47-26-10-11-27-48(47)55(49)51)38-19-13-16-35(31-38)33-14-12-15-34(30-33)36-28-29-43-41-22-5-4-20-39(41)40-21-6-7-23-42(40)45(43)32-36/h1-32H. The maximum Gasteiger partial charge on any atom is 0.222 e. The third-order valence-electron chi connectivity index (χ3n) is 11.4. The summed E-state index contributed by atoms with van der Waals surface area (Å²) >= 11 is 0.